The summed E-state index contributed by atoms with van der Waals surface area (Å²) in [5, 5.41) is 11.8. The van der Waals surface area contributed by atoms with E-state index in [0.717, 1.165) is 32.4 Å². The summed E-state index contributed by atoms with van der Waals surface area (Å²) in [6.45, 7) is 2.75. The average Bonchev–Trinajstić information content (AvgIpc) is 2.98. The molecule has 0 aliphatic rings. The molecule has 0 spiro atoms. The predicted molar refractivity (Wildman–Crippen MR) is 94.9 cm³/mol. The summed E-state index contributed by atoms with van der Waals surface area (Å²) >= 11 is 10.4. The summed E-state index contributed by atoms with van der Waals surface area (Å²) in [6.07, 6.45) is 0.945. The number of hydrogen-bond acceptors (Lipinski definition) is 6. The number of carbonyl (C=O) groups excluding carboxylic acids is 1. The highest BCUT2D eigenvalue weighted by Gasteiger charge is 2.08. The highest BCUT2D eigenvalue weighted by atomic mass is 35.5. The van der Waals surface area contributed by atoms with Crippen molar-refractivity contribution in [1.82, 2.24) is 15.5 Å². The molecule has 0 saturated heterocycles. The van der Waals surface area contributed by atoms with Gasteiger partial charge >= 0.3 is 0 Å². The van der Waals surface area contributed by atoms with Crippen molar-refractivity contribution in [2.45, 2.75) is 27.8 Å². The summed E-state index contributed by atoms with van der Waals surface area (Å²) in [4.78, 5) is 11.5. The van der Waals surface area contributed by atoms with Crippen LogP contribution in [0.4, 0.5) is 0 Å². The smallest absolute Gasteiger partial charge is 0.230 e. The number of rotatable bonds is 8. The number of aromatic nitrogens is 2. The number of thioether (sulfide) groups is 2. The molecule has 0 bridgehead atoms. The first-order valence-electron chi connectivity index (χ1n) is 6.77. The molecule has 1 heterocycles. The Kier molecular flexibility index (Phi) is 7.51. The lowest BCUT2D eigenvalue weighted by Crippen LogP contribution is -2.25. The topological polar surface area (TPSA) is 54.9 Å². The maximum atomic E-state index is 11.5. The maximum absolute atomic E-state index is 11.5. The van der Waals surface area contributed by atoms with Crippen molar-refractivity contribution in [3.63, 3.8) is 0 Å². The predicted octanol–water partition coefficient (Wildman–Crippen LogP) is 4.10. The van der Waals surface area contributed by atoms with Gasteiger partial charge in [0.05, 0.1) is 5.75 Å². The third-order valence-corrected chi connectivity index (χ3v) is 6.08. The van der Waals surface area contributed by atoms with Crippen LogP contribution in [0.2, 0.25) is 5.02 Å². The van der Waals surface area contributed by atoms with Gasteiger partial charge in [0.1, 0.15) is 0 Å². The lowest BCUT2D eigenvalue weighted by atomic mass is 10.2. The van der Waals surface area contributed by atoms with E-state index < -0.39 is 0 Å². The normalized spacial score (nSPS) is 10.6. The number of carbonyl (C=O) groups is 1. The molecule has 22 heavy (non-hydrogen) atoms. The Morgan fingerprint density at radius 1 is 1.23 bits per heavy atom. The molecule has 1 N–H and O–H groups in total. The Balaban J connectivity index is 1.76. The Morgan fingerprint density at radius 2 is 1.91 bits per heavy atom. The molecule has 0 fully saturated rings. The lowest BCUT2D eigenvalue weighted by Gasteiger charge is -2.00. The Hall–Kier alpha value is -0.760. The SMILES string of the molecule is CCCNC(=O)CSc1nnc(SCc2ccc(Cl)cc2)s1. The van der Waals surface area contributed by atoms with Crippen molar-refractivity contribution in [3.05, 3.63) is 34.9 Å². The molecule has 0 aliphatic heterocycles. The summed E-state index contributed by atoms with van der Waals surface area (Å²) in [7, 11) is 0. The molecule has 2 rings (SSSR count). The molecule has 1 aromatic carbocycles. The van der Waals surface area contributed by atoms with Crippen molar-refractivity contribution < 1.29 is 4.79 Å². The molecular weight excluding hydrogens is 358 g/mol. The van der Waals surface area contributed by atoms with Gasteiger partial charge in [-0.05, 0) is 24.1 Å². The fourth-order valence-electron chi connectivity index (χ4n) is 1.48. The van der Waals surface area contributed by atoms with Gasteiger partial charge in [-0.3, -0.25) is 4.79 Å². The van der Waals surface area contributed by atoms with Crippen molar-refractivity contribution in [3.8, 4) is 0 Å². The van der Waals surface area contributed by atoms with E-state index in [1.165, 1.54) is 28.7 Å². The van der Waals surface area contributed by atoms with E-state index in [0.29, 0.717) is 5.75 Å². The van der Waals surface area contributed by atoms with E-state index in [2.05, 4.69) is 15.5 Å². The van der Waals surface area contributed by atoms with Gasteiger partial charge in [-0.15, -0.1) is 10.2 Å². The molecule has 118 valence electrons. The number of nitrogens with zero attached hydrogens (tertiary/aromatic N) is 2. The molecule has 4 nitrogen and oxygen atoms in total. The minimum atomic E-state index is 0.0393. The number of hydrogen-bond donors (Lipinski definition) is 1. The summed E-state index contributed by atoms with van der Waals surface area (Å²) in [5.74, 6) is 1.25. The van der Waals surface area contributed by atoms with Crippen LogP contribution >= 0.6 is 46.5 Å². The second-order valence-electron chi connectivity index (χ2n) is 4.39. The van der Waals surface area contributed by atoms with Crippen molar-refractivity contribution in [2.24, 2.45) is 0 Å². The number of halogens is 1. The molecule has 0 unspecified atom stereocenters. The molecule has 8 heteroatoms. The third kappa shape index (κ3) is 6.16. The first-order chi connectivity index (χ1) is 10.7. The zero-order chi connectivity index (χ0) is 15.8. The summed E-state index contributed by atoms with van der Waals surface area (Å²) in [6, 6.07) is 7.77. The standard InChI is InChI=1S/C14H16ClN3OS3/c1-2-7-16-12(19)9-21-14-18-17-13(22-14)20-8-10-3-5-11(15)6-4-10/h3-6H,2,7-9H2,1H3,(H,16,19). The average molecular weight is 374 g/mol. The highest BCUT2D eigenvalue weighted by Crippen LogP contribution is 2.30. The Morgan fingerprint density at radius 3 is 2.59 bits per heavy atom. The van der Waals surface area contributed by atoms with Gasteiger partial charge in [-0.25, -0.2) is 0 Å². The van der Waals surface area contributed by atoms with Gasteiger partial charge in [-0.1, -0.05) is 65.5 Å². The van der Waals surface area contributed by atoms with Crippen LogP contribution in [-0.2, 0) is 10.5 Å². The van der Waals surface area contributed by atoms with Crippen LogP contribution in [0, 0.1) is 0 Å². The Bertz CT molecular complexity index is 604. The monoisotopic (exact) mass is 373 g/mol. The fourth-order valence-corrected chi connectivity index (χ4v) is 4.41. The van der Waals surface area contributed by atoms with Gasteiger partial charge in [0.25, 0.3) is 0 Å². The zero-order valence-corrected chi connectivity index (χ0v) is 15.2. The quantitative estimate of drug-likeness (QED) is 0.706. The molecule has 0 aliphatic carbocycles. The van der Waals surface area contributed by atoms with Crippen LogP contribution in [0.25, 0.3) is 0 Å². The molecule has 2 aromatic rings. The number of amides is 1. The number of nitrogens with one attached hydrogen (secondary N) is 1. The first-order valence-corrected chi connectivity index (χ1v) is 9.94. The molecule has 0 atom stereocenters. The van der Waals surface area contributed by atoms with Crippen LogP contribution < -0.4 is 5.32 Å². The van der Waals surface area contributed by atoms with E-state index in [1.807, 2.05) is 31.2 Å². The molecule has 0 radical (unpaired) electrons. The van der Waals surface area contributed by atoms with Crippen molar-refractivity contribution in [2.75, 3.05) is 12.3 Å². The molecular formula is C14H16ClN3OS3. The minimum absolute atomic E-state index is 0.0393. The second kappa shape index (κ2) is 9.39. The van der Waals surface area contributed by atoms with Crippen LogP contribution in [0.3, 0.4) is 0 Å². The van der Waals surface area contributed by atoms with Crippen molar-refractivity contribution >= 4 is 52.4 Å². The summed E-state index contributed by atoms with van der Waals surface area (Å²) < 4.78 is 1.73. The van der Waals surface area contributed by atoms with Gasteiger partial charge in [0.15, 0.2) is 8.68 Å². The lowest BCUT2D eigenvalue weighted by molar-refractivity contribution is -0.118. The van der Waals surface area contributed by atoms with E-state index in [1.54, 1.807) is 11.8 Å². The van der Waals surface area contributed by atoms with Crippen LogP contribution in [-0.4, -0.2) is 28.4 Å². The first kappa shape index (κ1) is 17.6. The highest BCUT2D eigenvalue weighted by molar-refractivity contribution is 8.03. The maximum Gasteiger partial charge on any atom is 0.230 e. The van der Waals surface area contributed by atoms with Gasteiger partial charge in [0.2, 0.25) is 5.91 Å². The second-order valence-corrected chi connectivity index (χ2v) is 8.25. The van der Waals surface area contributed by atoms with E-state index in [-0.39, 0.29) is 5.91 Å². The fraction of sp³-hybridized carbons (Fsp3) is 0.357. The van der Waals surface area contributed by atoms with Crippen LogP contribution in [0.15, 0.2) is 32.9 Å². The van der Waals surface area contributed by atoms with E-state index in [9.17, 15) is 4.79 Å². The molecule has 1 aromatic heterocycles. The largest absolute Gasteiger partial charge is 0.355 e. The molecule has 1 amide bonds. The zero-order valence-electron chi connectivity index (χ0n) is 12.0. The number of benzene rings is 1. The summed E-state index contributed by atoms with van der Waals surface area (Å²) in [5.41, 5.74) is 1.19. The van der Waals surface area contributed by atoms with E-state index in [4.69, 9.17) is 11.6 Å². The van der Waals surface area contributed by atoms with Gasteiger partial charge in [-0.2, -0.15) is 0 Å². The Labute approximate surface area is 147 Å². The molecule has 0 saturated carbocycles. The van der Waals surface area contributed by atoms with E-state index >= 15 is 0 Å². The van der Waals surface area contributed by atoms with Crippen molar-refractivity contribution in [1.29, 1.82) is 0 Å². The van der Waals surface area contributed by atoms with Gasteiger partial charge in [0, 0.05) is 17.3 Å². The third-order valence-electron chi connectivity index (χ3n) is 2.56. The van der Waals surface area contributed by atoms with Crippen LogP contribution in [0.1, 0.15) is 18.9 Å². The van der Waals surface area contributed by atoms with Crippen LogP contribution in [0.5, 0.6) is 0 Å². The van der Waals surface area contributed by atoms with Gasteiger partial charge < -0.3 is 5.32 Å². The minimum Gasteiger partial charge on any atom is -0.355 e.